The number of hydrogen-bond donors (Lipinski definition) is 2. The maximum Gasteiger partial charge on any atom is 0.306 e. The summed E-state index contributed by atoms with van der Waals surface area (Å²) in [6.07, 6.45) is 2.41. The van der Waals surface area contributed by atoms with Gasteiger partial charge in [-0.2, -0.15) is 0 Å². The van der Waals surface area contributed by atoms with Crippen molar-refractivity contribution in [3.63, 3.8) is 0 Å². The predicted octanol–water partition coefficient (Wildman–Crippen LogP) is 1.37. The van der Waals surface area contributed by atoms with Gasteiger partial charge >= 0.3 is 5.97 Å². The fourth-order valence-corrected chi connectivity index (χ4v) is 3.49. The molecule has 2 atom stereocenters. The van der Waals surface area contributed by atoms with Crippen molar-refractivity contribution in [2.75, 3.05) is 13.1 Å². The van der Waals surface area contributed by atoms with Gasteiger partial charge in [0.05, 0.1) is 11.6 Å². The molecule has 6 heteroatoms. The standard InChI is InChI=1S/C12H16BrN3O2/c13-10-9-5-7(12(17)18)2-4-16(9)11(15-10)8-1-3-14-6-8/h7-8,14H,1-6H2,(H,17,18). The van der Waals surface area contributed by atoms with Crippen LogP contribution in [0.4, 0.5) is 0 Å². The SMILES string of the molecule is O=C(O)C1CCn2c(C3CCNC3)nc(Br)c2C1. The summed E-state index contributed by atoms with van der Waals surface area (Å²) in [6.45, 7) is 2.80. The largest absolute Gasteiger partial charge is 0.481 e. The number of aromatic nitrogens is 2. The summed E-state index contributed by atoms with van der Waals surface area (Å²) in [5, 5.41) is 12.5. The Morgan fingerprint density at radius 1 is 1.50 bits per heavy atom. The van der Waals surface area contributed by atoms with Crippen molar-refractivity contribution in [3.8, 4) is 0 Å². The van der Waals surface area contributed by atoms with Crippen LogP contribution in [0.25, 0.3) is 0 Å². The zero-order valence-electron chi connectivity index (χ0n) is 10.0. The average molecular weight is 314 g/mol. The molecule has 0 saturated carbocycles. The van der Waals surface area contributed by atoms with Gasteiger partial charge in [0.15, 0.2) is 0 Å². The molecule has 0 aromatic carbocycles. The van der Waals surface area contributed by atoms with Crippen LogP contribution in [0.15, 0.2) is 4.60 Å². The minimum absolute atomic E-state index is 0.264. The van der Waals surface area contributed by atoms with Gasteiger partial charge in [-0.3, -0.25) is 4.79 Å². The third kappa shape index (κ3) is 1.97. The van der Waals surface area contributed by atoms with Crippen molar-refractivity contribution < 1.29 is 9.90 Å². The van der Waals surface area contributed by atoms with Gasteiger partial charge in [-0.25, -0.2) is 4.98 Å². The van der Waals surface area contributed by atoms with E-state index < -0.39 is 5.97 Å². The molecular formula is C12H16BrN3O2. The Bertz CT molecular complexity index is 480. The summed E-state index contributed by atoms with van der Waals surface area (Å²) >= 11 is 3.48. The molecule has 2 N–H and O–H groups in total. The number of carboxylic acid groups (broad SMARTS) is 1. The van der Waals surface area contributed by atoms with E-state index in [9.17, 15) is 4.79 Å². The van der Waals surface area contributed by atoms with Crippen LogP contribution in [0.3, 0.4) is 0 Å². The van der Waals surface area contributed by atoms with Gasteiger partial charge < -0.3 is 15.0 Å². The maximum absolute atomic E-state index is 11.1. The zero-order chi connectivity index (χ0) is 12.7. The maximum atomic E-state index is 11.1. The summed E-state index contributed by atoms with van der Waals surface area (Å²) in [7, 11) is 0. The second-order valence-electron chi connectivity index (χ2n) is 5.08. The summed E-state index contributed by atoms with van der Waals surface area (Å²) < 4.78 is 3.05. The lowest BCUT2D eigenvalue weighted by molar-refractivity contribution is -0.142. The van der Waals surface area contributed by atoms with E-state index in [4.69, 9.17) is 5.11 Å². The lowest BCUT2D eigenvalue weighted by Crippen LogP contribution is -2.27. The lowest BCUT2D eigenvalue weighted by Gasteiger charge is -2.23. The van der Waals surface area contributed by atoms with Gasteiger partial charge in [-0.15, -0.1) is 0 Å². The molecule has 98 valence electrons. The van der Waals surface area contributed by atoms with E-state index in [1.165, 1.54) is 0 Å². The minimum Gasteiger partial charge on any atom is -0.481 e. The fraction of sp³-hybridized carbons (Fsp3) is 0.667. The molecule has 18 heavy (non-hydrogen) atoms. The van der Waals surface area contributed by atoms with E-state index in [-0.39, 0.29) is 5.92 Å². The highest BCUT2D eigenvalue weighted by Crippen LogP contribution is 2.32. The van der Waals surface area contributed by atoms with E-state index in [1.54, 1.807) is 0 Å². The molecule has 0 radical (unpaired) electrons. The Balaban J connectivity index is 1.92. The molecule has 0 spiro atoms. The summed E-state index contributed by atoms with van der Waals surface area (Å²) in [4.78, 5) is 15.7. The molecule has 1 aromatic heterocycles. The van der Waals surface area contributed by atoms with Crippen molar-refractivity contribution in [2.45, 2.75) is 31.7 Å². The first-order chi connectivity index (χ1) is 8.66. The zero-order valence-corrected chi connectivity index (χ0v) is 11.6. The van der Waals surface area contributed by atoms with Gasteiger partial charge in [0.1, 0.15) is 10.4 Å². The molecule has 2 unspecified atom stereocenters. The number of rotatable bonds is 2. The third-order valence-electron chi connectivity index (χ3n) is 3.97. The first kappa shape index (κ1) is 12.2. The van der Waals surface area contributed by atoms with E-state index >= 15 is 0 Å². The number of hydrogen-bond acceptors (Lipinski definition) is 3. The lowest BCUT2D eigenvalue weighted by atomic mass is 9.96. The Morgan fingerprint density at radius 2 is 2.33 bits per heavy atom. The number of carbonyl (C=O) groups is 1. The molecule has 1 aromatic rings. The number of imidazole rings is 1. The van der Waals surface area contributed by atoms with E-state index in [0.29, 0.717) is 18.8 Å². The number of nitrogens with one attached hydrogen (secondary N) is 1. The van der Waals surface area contributed by atoms with E-state index in [2.05, 4.69) is 30.8 Å². The average Bonchev–Trinajstić information content (AvgIpc) is 2.97. The van der Waals surface area contributed by atoms with Crippen molar-refractivity contribution in [2.24, 2.45) is 5.92 Å². The predicted molar refractivity (Wildman–Crippen MR) is 69.6 cm³/mol. The van der Waals surface area contributed by atoms with Crippen molar-refractivity contribution in [1.29, 1.82) is 0 Å². The molecule has 3 rings (SSSR count). The number of halogens is 1. The Labute approximate surface area is 114 Å². The van der Waals surface area contributed by atoms with Crippen LogP contribution < -0.4 is 5.32 Å². The van der Waals surface area contributed by atoms with Crippen LogP contribution in [0.5, 0.6) is 0 Å². The third-order valence-corrected chi connectivity index (χ3v) is 4.60. The molecule has 0 amide bonds. The van der Waals surface area contributed by atoms with Crippen LogP contribution in [-0.4, -0.2) is 33.7 Å². The van der Waals surface area contributed by atoms with Gasteiger partial charge in [-0.05, 0) is 35.3 Å². The van der Waals surface area contributed by atoms with Gasteiger partial charge in [0.2, 0.25) is 0 Å². The van der Waals surface area contributed by atoms with Crippen LogP contribution in [0.2, 0.25) is 0 Å². The highest BCUT2D eigenvalue weighted by molar-refractivity contribution is 9.10. The molecule has 0 bridgehead atoms. The number of carboxylic acids is 1. The van der Waals surface area contributed by atoms with Gasteiger partial charge in [-0.1, -0.05) is 0 Å². The summed E-state index contributed by atoms with van der Waals surface area (Å²) in [5.41, 5.74) is 1.05. The minimum atomic E-state index is -0.696. The number of aliphatic carboxylic acids is 1. The number of fused-ring (bicyclic) bond motifs is 1. The van der Waals surface area contributed by atoms with Crippen molar-refractivity contribution in [1.82, 2.24) is 14.9 Å². The molecule has 3 heterocycles. The van der Waals surface area contributed by atoms with E-state index in [0.717, 1.165) is 42.2 Å². The molecule has 5 nitrogen and oxygen atoms in total. The molecule has 0 aliphatic carbocycles. The van der Waals surface area contributed by atoms with Crippen LogP contribution >= 0.6 is 15.9 Å². The van der Waals surface area contributed by atoms with Crippen molar-refractivity contribution in [3.05, 3.63) is 16.1 Å². The number of nitrogens with zero attached hydrogens (tertiary/aromatic N) is 2. The van der Waals surface area contributed by atoms with E-state index in [1.807, 2.05) is 0 Å². The molecule has 2 aliphatic rings. The first-order valence-electron chi connectivity index (χ1n) is 6.35. The molecule has 1 fully saturated rings. The topological polar surface area (TPSA) is 67.2 Å². The first-order valence-corrected chi connectivity index (χ1v) is 7.14. The summed E-state index contributed by atoms with van der Waals surface area (Å²) in [5.74, 6) is 0.626. The monoisotopic (exact) mass is 313 g/mol. The van der Waals surface area contributed by atoms with Crippen LogP contribution in [0, 0.1) is 5.92 Å². The quantitative estimate of drug-likeness (QED) is 0.865. The Hall–Kier alpha value is -0.880. The molecule has 2 aliphatic heterocycles. The van der Waals surface area contributed by atoms with Crippen LogP contribution in [0.1, 0.15) is 30.3 Å². The second-order valence-corrected chi connectivity index (χ2v) is 5.83. The molecular weight excluding hydrogens is 298 g/mol. The highest BCUT2D eigenvalue weighted by atomic mass is 79.9. The Kier molecular flexibility index (Phi) is 3.15. The van der Waals surface area contributed by atoms with Crippen molar-refractivity contribution >= 4 is 21.9 Å². The molecule has 1 saturated heterocycles. The highest BCUT2D eigenvalue weighted by Gasteiger charge is 2.31. The van der Waals surface area contributed by atoms with Gasteiger partial charge in [0, 0.05) is 25.4 Å². The summed E-state index contributed by atoms with van der Waals surface area (Å²) in [6, 6.07) is 0. The van der Waals surface area contributed by atoms with Gasteiger partial charge in [0.25, 0.3) is 0 Å². The fourth-order valence-electron chi connectivity index (χ4n) is 2.94. The smallest absolute Gasteiger partial charge is 0.306 e. The Morgan fingerprint density at radius 3 is 3.00 bits per heavy atom. The normalized spacial score (nSPS) is 27.2. The second kappa shape index (κ2) is 4.66. The van der Waals surface area contributed by atoms with Crippen LogP contribution in [-0.2, 0) is 17.8 Å².